The van der Waals surface area contributed by atoms with Crippen molar-refractivity contribution < 1.29 is 0 Å². The Morgan fingerprint density at radius 3 is 2.81 bits per heavy atom. The minimum absolute atomic E-state index is 0.513. The van der Waals surface area contributed by atoms with Crippen LogP contribution in [0.5, 0.6) is 0 Å². The van der Waals surface area contributed by atoms with Crippen LogP contribution >= 0.6 is 11.8 Å². The van der Waals surface area contributed by atoms with Crippen molar-refractivity contribution in [1.82, 2.24) is 9.97 Å². The van der Waals surface area contributed by atoms with Crippen molar-refractivity contribution >= 4 is 23.4 Å². The van der Waals surface area contributed by atoms with Gasteiger partial charge in [0.1, 0.15) is 11.6 Å². The van der Waals surface area contributed by atoms with Gasteiger partial charge in [-0.3, -0.25) is 0 Å². The number of hydrogen-bond acceptors (Lipinski definition) is 5. The van der Waals surface area contributed by atoms with Gasteiger partial charge in [-0.25, -0.2) is 9.97 Å². The number of thioether (sulfide) groups is 1. The van der Waals surface area contributed by atoms with Crippen molar-refractivity contribution in [1.29, 1.82) is 0 Å². The fourth-order valence-corrected chi connectivity index (χ4v) is 2.12. The van der Waals surface area contributed by atoms with E-state index in [9.17, 15) is 0 Å². The summed E-state index contributed by atoms with van der Waals surface area (Å²) in [7, 11) is 0. The first kappa shape index (κ1) is 11.5. The van der Waals surface area contributed by atoms with Crippen LogP contribution in [0.2, 0.25) is 0 Å². The Balaban J connectivity index is 2.01. The molecule has 1 aromatic heterocycles. The molecule has 0 spiro atoms. The van der Waals surface area contributed by atoms with Gasteiger partial charge in [-0.2, -0.15) is 0 Å². The second-order valence-electron chi connectivity index (χ2n) is 4.37. The molecule has 0 bridgehead atoms. The number of rotatable bonds is 5. The van der Waals surface area contributed by atoms with Crippen LogP contribution in [-0.4, -0.2) is 22.8 Å². The Bertz CT molecular complexity index is 376. The minimum atomic E-state index is 0.513. The van der Waals surface area contributed by atoms with E-state index in [4.69, 9.17) is 5.73 Å². The highest BCUT2D eigenvalue weighted by Gasteiger charge is 2.40. The smallest absolute Gasteiger partial charge is 0.191 e. The van der Waals surface area contributed by atoms with Crippen LogP contribution in [0.3, 0.4) is 0 Å². The van der Waals surface area contributed by atoms with Gasteiger partial charge in [-0.05, 0) is 30.9 Å². The summed E-state index contributed by atoms with van der Waals surface area (Å²) >= 11 is 1.51. The fourth-order valence-electron chi connectivity index (χ4n) is 1.74. The molecule has 16 heavy (non-hydrogen) atoms. The molecule has 0 unspecified atom stereocenters. The van der Waals surface area contributed by atoms with Crippen LogP contribution < -0.4 is 11.1 Å². The summed E-state index contributed by atoms with van der Waals surface area (Å²) < 4.78 is 0. The molecule has 1 saturated carbocycles. The second kappa shape index (κ2) is 4.49. The van der Waals surface area contributed by atoms with Crippen LogP contribution in [0.15, 0.2) is 11.2 Å². The lowest BCUT2D eigenvalue weighted by atomic mass is 10.0. The fraction of sp³-hybridized carbons (Fsp3) is 0.636. The van der Waals surface area contributed by atoms with Gasteiger partial charge in [0.25, 0.3) is 0 Å². The first-order valence-electron chi connectivity index (χ1n) is 5.60. The first-order chi connectivity index (χ1) is 7.67. The van der Waals surface area contributed by atoms with Gasteiger partial charge in [0.2, 0.25) is 0 Å². The Kier molecular flexibility index (Phi) is 3.23. The average molecular weight is 238 g/mol. The van der Waals surface area contributed by atoms with Gasteiger partial charge in [0.05, 0.1) is 0 Å². The zero-order chi connectivity index (χ0) is 11.6. The van der Waals surface area contributed by atoms with Crippen LogP contribution in [0, 0.1) is 5.41 Å². The van der Waals surface area contributed by atoms with E-state index in [0.717, 1.165) is 17.5 Å². The van der Waals surface area contributed by atoms with E-state index < -0.39 is 0 Å². The lowest BCUT2D eigenvalue weighted by Gasteiger charge is -2.14. The molecule has 0 saturated heterocycles. The third kappa shape index (κ3) is 2.58. The quantitative estimate of drug-likeness (QED) is 0.609. The normalized spacial score (nSPS) is 17.1. The summed E-state index contributed by atoms with van der Waals surface area (Å²) in [5.41, 5.74) is 6.23. The van der Waals surface area contributed by atoms with Gasteiger partial charge in [0.15, 0.2) is 5.16 Å². The number of nitrogen functional groups attached to an aromatic ring is 1. The predicted octanol–water partition coefficient (Wildman–Crippen LogP) is 2.38. The number of nitrogens with zero attached hydrogens (tertiary/aromatic N) is 2. The van der Waals surface area contributed by atoms with Crippen LogP contribution in [0.4, 0.5) is 11.6 Å². The van der Waals surface area contributed by atoms with Gasteiger partial charge in [0, 0.05) is 12.6 Å². The van der Waals surface area contributed by atoms with Crippen molar-refractivity contribution in [3.63, 3.8) is 0 Å². The second-order valence-corrected chi connectivity index (χ2v) is 5.15. The topological polar surface area (TPSA) is 63.8 Å². The molecular formula is C11H18N4S. The third-order valence-corrected chi connectivity index (χ3v) is 3.81. The van der Waals surface area contributed by atoms with E-state index in [0.29, 0.717) is 11.2 Å². The van der Waals surface area contributed by atoms with E-state index in [1.165, 1.54) is 31.0 Å². The molecule has 0 radical (unpaired) electrons. The molecule has 5 heteroatoms. The van der Waals surface area contributed by atoms with E-state index in [2.05, 4.69) is 22.2 Å². The van der Waals surface area contributed by atoms with Crippen molar-refractivity contribution in [3.8, 4) is 0 Å². The van der Waals surface area contributed by atoms with E-state index in [1.807, 2.05) is 6.26 Å². The number of aromatic nitrogens is 2. The largest absolute Gasteiger partial charge is 0.383 e. The number of nitrogens with two attached hydrogens (primary N) is 1. The van der Waals surface area contributed by atoms with E-state index in [-0.39, 0.29) is 0 Å². The van der Waals surface area contributed by atoms with Crippen LogP contribution in [-0.2, 0) is 0 Å². The maximum absolute atomic E-state index is 5.72. The Labute approximate surface area is 100 Å². The van der Waals surface area contributed by atoms with Gasteiger partial charge < -0.3 is 11.1 Å². The predicted molar refractivity (Wildman–Crippen MR) is 68.7 cm³/mol. The summed E-state index contributed by atoms with van der Waals surface area (Å²) in [4.78, 5) is 8.50. The lowest BCUT2D eigenvalue weighted by Crippen LogP contribution is -2.15. The first-order valence-corrected chi connectivity index (χ1v) is 6.82. The standard InChI is InChI=1S/C11H18N4S/c1-3-11(4-5-11)7-13-9-6-8(12)14-10(15-9)16-2/h6H,3-5,7H2,1-2H3,(H3,12,13,14,15). The highest BCUT2D eigenvalue weighted by atomic mass is 32.2. The molecule has 0 amide bonds. The highest BCUT2D eigenvalue weighted by molar-refractivity contribution is 7.98. The summed E-state index contributed by atoms with van der Waals surface area (Å²) in [6.07, 6.45) is 5.84. The van der Waals surface area contributed by atoms with E-state index in [1.54, 1.807) is 6.07 Å². The van der Waals surface area contributed by atoms with Crippen LogP contribution in [0.25, 0.3) is 0 Å². The van der Waals surface area contributed by atoms with Gasteiger partial charge in [-0.15, -0.1) is 0 Å². The molecule has 88 valence electrons. The SMILES string of the molecule is CCC1(CNc2cc(N)nc(SC)n2)CC1. The summed E-state index contributed by atoms with van der Waals surface area (Å²) in [5.74, 6) is 1.37. The van der Waals surface area contributed by atoms with Crippen molar-refractivity contribution in [3.05, 3.63) is 6.07 Å². The molecule has 1 fully saturated rings. The summed E-state index contributed by atoms with van der Waals surface area (Å²) in [5, 5.41) is 4.10. The maximum atomic E-state index is 5.72. The Morgan fingerprint density at radius 1 is 1.50 bits per heavy atom. The molecule has 1 aromatic rings. The number of anilines is 2. The van der Waals surface area contributed by atoms with E-state index >= 15 is 0 Å². The Hall–Kier alpha value is -0.970. The van der Waals surface area contributed by atoms with Crippen molar-refractivity contribution in [2.24, 2.45) is 5.41 Å². The molecule has 0 aliphatic heterocycles. The molecule has 4 nitrogen and oxygen atoms in total. The lowest BCUT2D eigenvalue weighted by molar-refractivity contribution is 0.520. The number of hydrogen-bond donors (Lipinski definition) is 2. The Morgan fingerprint density at radius 2 is 2.25 bits per heavy atom. The molecule has 3 N–H and O–H groups in total. The zero-order valence-corrected chi connectivity index (χ0v) is 10.6. The molecule has 1 aliphatic rings. The summed E-state index contributed by atoms with van der Waals surface area (Å²) in [6.45, 7) is 3.24. The molecule has 1 aliphatic carbocycles. The monoisotopic (exact) mass is 238 g/mol. The highest BCUT2D eigenvalue weighted by Crippen LogP contribution is 2.48. The summed E-state index contributed by atoms with van der Waals surface area (Å²) in [6, 6.07) is 1.80. The van der Waals surface area contributed by atoms with Crippen molar-refractivity contribution in [2.45, 2.75) is 31.3 Å². The molecule has 2 rings (SSSR count). The molecular weight excluding hydrogens is 220 g/mol. The maximum Gasteiger partial charge on any atom is 0.191 e. The average Bonchev–Trinajstić information content (AvgIpc) is 3.06. The minimum Gasteiger partial charge on any atom is -0.383 e. The van der Waals surface area contributed by atoms with Crippen molar-refractivity contribution in [2.75, 3.05) is 23.9 Å². The molecule has 1 heterocycles. The van der Waals surface area contributed by atoms with Crippen LogP contribution in [0.1, 0.15) is 26.2 Å². The number of nitrogens with one attached hydrogen (secondary N) is 1. The van der Waals surface area contributed by atoms with Gasteiger partial charge >= 0.3 is 0 Å². The molecule has 0 aromatic carbocycles. The van der Waals surface area contributed by atoms with Gasteiger partial charge in [-0.1, -0.05) is 18.7 Å². The zero-order valence-electron chi connectivity index (χ0n) is 9.79. The third-order valence-electron chi connectivity index (χ3n) is 3.26. The molecule has 0 atom stereocenters.